The summed E-state index contributed by atoms with van der Waals surface area (Å²) in [4.78, 5) is 0. The van der Waals surface area contributed by atoms with Gasteiger partial charge in [-0.05, 0) is 23.8 Å². The minimum Gasteiger partial charge on any atom is -0.464 e. The minimum absolute atomic E-state index is 0.878. The zero-order chi connectivity index (χ0) is 15.9. The maximum absolute atomic E-state index is 6.12. The van der Waals surface area contributed by atoms with Gasteiger partial charge in [0.1, 0.15) is 16.9 Å². The molecule has 0 saturated carbocycles. The van der Waals surface area contributed by atoms with Crippen molar-refractivity contribution >= 4 is 21.9 Å². The van der Waals surface area contributed by atoms with E-state index in [-0.39, 0.29) is 0 Å². The first-order valence-electron chi connectivity index (χ1n) is 7.95. The van der Waals surface area contributed by atoms with E-state index in [9.17, 15) is 0 Å². The number of para-hydroxylation sites is 2. The summed E-state index contributed by atoms with van der Waals surface area (Å²) in [5.41, 5.74) is 5.17. The summed E-state index contributed by atoms with van der Waals surface area (Å²) in [7, 11) is 0. The van der Waals surface area contributed by atoms with E-state index in [0.29, 0.717) is 0 Å². The Bertz CT molecular complexity index is 1130. The van der Waals surface area contributed by atoms with Crippen molar-refractivity contribution in [3.8, 4) is 22.5 Å². The second kappa shape index (κ2) is 5.14. The summed E-state index contributed by atoms with van der Waals surface area (Å²) < 4.78 is 11.6. The average Bonchev–Trinajstić information content (AvgIpc) is 3.29. The van der Waals surface area contributed by atoms with Crippen molar-refractivity contribution in [2.75, 3.05) is 0 Å². The largest absolute Gasteiger partial charge is 0.464 e. The topological polar surface area (TPSA) is 26.3 Å². The summed E-state index contributed by atoms with van der Waals surface area (Å²) in [5, 5.41) is 2.31. The van der Waals surface area contributed by atoms with Crippen molar-refractivity contribution < 1.29 is 8.83 Å². The van der Waals surface area contributed by atoms with Crippen LogP contribution in [0.25, 0.3) is 44.4 Å². The molecular formula is C22H14O2. The number of furan rings is 2. The highest BCUT2D eigenvalue weighted by Crippen LogP contribution is 2.36. The quantitative estimate of drug-likeness (QED) is 0.371. The van der Waals surface area contributed by atoms with E-state index in [1.54, 1.807) is 6.26 Å². The van der Waals surface area contributed by atoms with E-state index < -0.39 is 0 Å². The maximum atomic E-state index is 6.12. The van der Waals surface area contributed by atoms with Gasteiger partial charge in [-0.25, -0.2) is 0 Å². The van der Waals surface area contributed by atoms with Gasteiger partial charge in [0.25, 0.3) is 0 Å². The van der Waals surface area contributed by atoms with Gasteiger partial charge < -0.3 is 8.83 Å². The molecule has 5 aromatic rings. The van der Waals surface area contributed by atoms with E-state index in [1.807, 2.05) is 30.3 Å². The molecule has 2 heterocycles. The van der Waals surface area contributed by atoms with E-state index in [2.05, 4.69) is 48.5 Å². The van der Waals surface area contributed by atoms with Gasteiger partial charge in [-0.2, -0.15) is 0 Å². The SMILES string of the molecule is c1coc(-c2ccc(-c3cccc4c3oc3ccccc34)cc2)c1. The lowest BCUT2D eigenvalue weighted by Crippen LogP contribution is -1.80. The van der Waals surface area contributed by atoms with Crippen LogP contribution in [0.5, 0.6) is 0 Å². The first kappa shape index (κ1) is 13.2. The monoisotopic (exact) mass is 310 g/mol. The third kappa shape index (κ3) is 1.97. The zero-order valence-corrected chi connectivity index (χ0v) is 12.9. The number of benzene rings is 3. The van der Waals surface area contributed by atoms with Crippen molar-refractivity contribution in [2.24, 2.45) is 0 Å². The van der Waals surface area contributed by atoms with E-state index in [1.165, 1.54) is 0 Å². The Balaban J connectivity index is 1.69. The molecule has 0 amide bonds. The van der Waals surface area contributed by atoms with Crippen LogP contribution < -0.4 is 0 Å². The van der Waals surface area contributed by atoms with Crippen molar-refractivity contribution in [2.45, 2.75) is 0 Å². The molecule has 0 radical (unpaired) electrons. The van der Waals surface area contributed by atoms with Crippen molar-refractivity contribution in [1.29, 1.82) is 0 Å². The van der Waals surface area contributed by atoms with Gasteiger partial charge in [-0.3, -0.25) is 0 Å². The molecule has 0 bridgehead atoms. The third-order valence-electron chi connectivity index (χ3n) is 4.41. The van der Waals surface area contributed by atoms with E-state index >= 15 is 0 Å². The second-order valence-electron chi connectivity index (χ2n) is 5.84. The molecular weight excluding hydrogens is 296 g/mol. The summed E-state index contributed by atoms with van der Waals surface area (Å²) >= 11 is 0. The van der Waals surface area contributed by atoms with Crippen LogP contribution in [0.15, 0.2) is 94.0 Å². The Labute approximate surface area is 138 Å². The van der Waals surface area contributed by atoms with Gasteiger partial charge in [-0.1, -0.05) is 60.7 Å². The molecule has 2 heteroatoms. The summed E-state index contributed by atoms with van der Waals surface area (Å²) in [5.74, 6) is 0.878. The van der Waals surface area contributed by atoms with Crippen LogP contribution in [-0.4, -0.2) is 0 Å². The third-order valence-corrected chi connectivity index (χ3v) is 4.41. The Kier molecular flexibility index (Phi) is 2.83. The van der Waals surface area contributed by atoms with Gasteiger partial charge >= 0.3 is 0 Å². The first-order valence-corrected chi connectivity index (χ1v) is 7.95. The number of hydrogen-bond donors (Lipinski definition) is 0. The second-order valence-corrected chi connectivity index (χ2v) is 5.84. The molecule has 0 unspecified atom stereocenters. The number of hydrogen-bond acceptors (Lipinski definition) is 2. The molecule has 0 saturated heterocycles. The van der Waals surface area contributed by atoms with Crippen LogP contribution in [0, 0.1) is 0 Å². The Morgan fingerprint density at radius 2 is 1.38 bits per heavy atom. The number of fused-ring (bicyclic) bond motifs is 3. The molecule has 2 nitrogen and oxygen atoms in total. The first-order chi connectivity index (χ1) is 11.9. The number of rotatable bonds is 2. The summed E-state index contributed by atoms with van der Waals surface area (Å²) in [6, 6.07) is 26.7. The van der Waals surface area contributed by atoms with Crippen molar-refractivity contribution in [3.05, 3.63) is 85.1 Å². The van der Waals surface area contributed by atoms with Crippen LogP contribution in [-0.2, 0) is 0 Å². The predicted octanol–water partition coefficient (Wildman–Crippen LogP) is 6.51. The molecule has 0 aliphatic rings. The molecule has 0 atom stereocenters. The van der Waals surface area contributed by atoms with Gasteiger partial charge in [-0.15, -0.1) is 0 Å². The molecule has 114 valence electrons. The molecule has 3 aromatic carbocycles. The Hall–Kier alpha value is -3.26. The van der Waals surface area contributed by atoms with Crippen LogP contribution in [0.1, 0.15) is 0 Å². The fourth-order valence-corrected chi connectivity index (χ4v) is 3.23. The van der Waals surface area contributed by atoms with Crippen molar-refractivity contribution in [1.82, 2.24) is 0 Å². The predicted molar refractivity (Wildman–Crippen MR) is 96.9 cm³/mol. The normalized spacial score (nSPS) is 11.3. The van der Waals surface area contributed by atoms with Gasteiger partial charge in [0.2, 0.25) is 0 Å². The van der Waals surface area contributed by atoms with Crippen LogP contribution >= 0.6 is 0 Å². The fourth-order valence-electron chi connectivity index (χ4n) is 3.23. The van der Waals surface area contributed by atoms with E-state index in [0.717, 1.165) is 44.4 Å². The minimum atomic E-state index is 0.878. The molecule has 2 aromatic heterocycles. The highest BCUT2D eigenvalue weighted by molar-refractivity contribution is 6.09. The van der Waals surface area contributed by atoms with Crippen LogP contribution in [0.3, 0.4) is 0 Å². The standard InChI is InChI=1S/C22H14O2/c1-2-8-21-18(5-1)19-7-3-6-17(22(19)24-21)15-10-12-16(13-11-15)20-9-4-14-23-20/h1-14H. The van der Waals surface area contributed by atoms with Crippen molar-refractivity contribution in [3.63, 3.8) is 0 Å². The lowest BCUT2D eigenvalue weighted by Gasteiger charge is -2.04. The average molecular weight is 310 g/mol. The smallest absolute Gasteiger partial charge is 0.143 e. The Morgan fingerprint density at radius 1 is 0.583 bits per heavy atom. The summed E-state index contributed by atoms with van der Waals surface area (Å²) in [6.07, 6.45) is 1.69. The molecule has 0 fully saturated rings. The summed E-state index contributed by atoms with van der Waals surface area (Å²) in [6.45, 7) is 0. The van der Waals surface area contributed by atoms with Gasteiger partial charge in [0.05, 0.1) is 6.26 Å². The highest BCUT2D eigenvalue weighted by atomic mass is 16.3. The maximum Gasteiger partial charge on any atom is 0.143 e. The molecule has 0 aliphatic heterocycles. The lowest BCUT2D eigenvalue weighted by molar-refractivity contribution is 0.582. The zero-order valence-electron chi connectivity index (χ0n) is 12.9. The van der Waals surface area contributed by atoms with E-state index in [4.69, 9.17) is 8.83 Å². The molecule has 0 spiro atoms. The lowest BCUT2D eigenvalue weighted by atomic mass is 10.0. The van der Waals surface area contributed by atoms with Gasteiger partial charge in [0.15, 0.2) is 0 Å². The molecule has 24 heavy (non-hydrogen) atoms. The Morgan fingerprint density at radius 3 is 2.21 bits per heavy atom. The fraction of sp³-hybridized carbons (Fsp3) is 0. The van der Waals surface area contributed by atoms with Crippen LogP contribution in [0.4, 0.5) is 0 Å². The highest BCUT2D eigenvalue weighted by Gasteiger charge is 2.11. The van der Waals surface area contributed by atoms with Gasteiger partial charge in [0, 0.05) is 21.9 Å². The van der Waals surface area contributed by atoms with Crippen LogP contribution in [0.2, 0.25) is 0 Å². The molecule has 0 N–H and O–H groups in total. The molecule has 0 aliphatic carbocycles. The molecule has 5 rings (SSSR count).